The van der Waals surface area contributed by atoms with Crippen molar-refractivity contribution in [2.45, 2.75) is 32.2 Å². The highest BCUT2D eigenvalue weighted by molar-refractivity contribution is 5.85. The van der Waals surface area contributed by atoms with Gasteiger partial charge in [-0.15, -0.1) is 12.4 Å². The molecule has 0 radical (unpaired) electrons. The fourth-order valence-electron chi connectivity index (χ4n) is 2.28. The summed E-state index contributed by atoms with van der Waals surface area (Å²) in [4.78, 5) is 0. The molecule has 1 atom stereocenters. The van der Waals surface area contributed by atoms with Crippen molar-refractivity contribution < 1.29 is 4.74 Å². The Kier molecular flexibility index (Phi) is 5.10. The average Bonchev–Trinajstić information content (AvgIpc) is 2.71. The highest BCUT2D eigenvalue weighted by Gasteiger charge is 2.14. The maximum atomic E-state index is 5.25. The van der Waals surface area contributed by atoms with Gasteiger partial charge in [0, 0.05) is 6.04 Å². The van der Waals surface area contributed by atoms with Crippen LogP contribution in [0.3, 0.4) is 0 Å². The van der Waals surface area contributed by atoms with E-state index in [1.54, 1.807) is 7.11 Å². The molecule has 0 spiro atoms. The zero-order valence-electron chi connectivity index (χ0n) is 9.95. The molecule has 2 nitrogen and oxygen atoms in total. The van der Waals surface area contributed by atoms with Crippen molar-refractivity contribution >= 4 is 12.4 Å². The molecular formula is C13H20ClNO. The first-order valence-electron chi connectivity index (χ1n) is 5.66. The summed E-state index contributed by atoms with van der Waals surface area (Å²) < 4.78 is 5.25. The van der Waals surface area contributed by atoms with Gasteiger partial charge in [-0.3, -0.25) is 0 Å². The lowest BCUT2D eigenvalue weighted by molar-refractivity contribution is 0.411. The highest BCUT2D eigenvalue weighted by Crippen LogP contribution is 2.20. The summed E-state index contributed by atoms with van der Waals surface area (Å²) in [5.41, 5.74) is 2.64. The molecule has 1 fully saturated rings. The Labute approximate surface area is 104 Å². The van der Waals surface area contributed by atoms with Gasteiger partial charge in [0.15, 0.2) is 0 Å². The normalized spacial score (nSPS) is 19.2. The number of methoxy groups -OCH3 is 1. The van der Waals surface area contributed by atoms with Gasteiger partial charge < -0.3 is 10.1 Å². The van der Waals surface area contributed by atoms with E-state index >= 15 is 0 Å². The Balaban J connectivity index is 0.00000128. The van der Waals surface area contributed by atoms with Crippen LogP contribution in [0, 0.1) is 6.92 Å². The van der Waals surface area contributed by atoms with Crippen LogP contribution in [0.2, 0.25) is 0 Å². The largest absolute Gasteiger partial charge is 0.496 e. The summed E-state index contributed by atoms with van der Waals surface area (Å²) in [7, 11) is 1.72. The zero-order chi connectivity index (χ0) is 10.7. The van der Waals surface area contributed by atoms with E-state index in [0.29, 0.717) is 6.04 Å². The summed E-state index contributed by atoms with van der Waals surface area (Å²) in [6.07, 6.45) is 3.77. The van der Waals surface area contributed by atoms with Crippen molar-refractivity contribution in [3.8, 4) is 5.75 Å². The Bertz CT molecular complexity index is 335. The van der Waals surface area contributed by atoms with Gasteiger partial charge in [-0.25, -0.2) is 0 Å². The average molecular weight is 242 g/mol. The molecule has 1 unspecified atom stereocenters. The van der Waals surface area contributed by atoms with Gasteiger partial charge >= 0.3 is 0 Å². The molecule has 90 valence electrons. The lowest BCUT2D eigenvalue weighted by atomic mass is 10.0. The van der Waals surface area contributed by atoms with E-state index in [9.17, 15) is 0 Å². The molecule has 1 N–H and O–H groups in total. The Morgan fingerprint density at radius 1 is 1.44 bits per heavy atom. The first kappa shape index (κ1) is 13.3. The fourth-order valence-corrected chi connectivity index (χ4v) is 2.28. The Hall–Kier alpha value is -0.730. The van der Waals surface area contributed by atoms with Crippen LogP contribution in [-0.4, -0.2) is 19.7 Å². The van der Waals surface area contributed by atoms with Crippen molar-refractivity contribution in [3.63, 3.8) is 0 Å². The maximum absolute atomic E-state index is 5.25. The first-order chi connectivity index (χ1) is 7.29. The number of ether oxygens (including phenoxy) is 1. The van der Waals surface area contributed by atoms with Gasteiger partial charge in [-0.05, 0) is 49.9 Å². The van der Waals surface area contributed by atoms with Crippen LogP contribution in [0.15, 0.2) is 18.2 Å². The van der Waals surface area contributed by atoms with Gasteiger partial charge in [0.25, 0.3) is 0 Å². The SMILES string of the molecule is COc1ccc(CC2CCCN2)cc1C.Cl. The lowest BCUT2D eigenvalue weighted by Gasteiger charge is -2.12. The van der Waals surface area contributed by atoms with Gasteiger partial charge in [-0.1, -0.05) is 12.1 Å². The van der Waals surface area contributed by atoms with Gasteiger partial charge in [0.2, 0.25) is 0 Å². The fraction of sp³-hybridized carbons (Fsp3) is 0.538. The number of rotatable bonds is 3. The summed E-state index contributed by atoms with van der Waals surface area (Å²) in [6.45, 7) is 3.28. The maximum Gasteiger partial charge on any atom is 0.121 e. The molecule has 0 saturated carbocycles. The van der Waals surface area contributed by atoms with Crippen molar-refractivity contribution in [1.82, 2.24) is 5.32 Å². The molecule has 1 aliphatic rings. The summed E-state index contributed by atoms with van der Waals surface area (Å²) in [5.74, 6) is 0.984. The van der Waals surface area contributed by atoms with Crippen molar-refractivity contribution in [2.75, 3.05) is 13.7 Å². The molecule has 3 heteroatoms. The molecule has 1 heterocycles. The first-order valence-corrected chi connectivity index (χ1v) is 5.66. The summed E-state index contributed by atoms with van der Waals surface area (Å²) in [5, 5.41) is 3.52. The standard InChI is InChI=1S/C13H19NO.ClH/c1-10-8-11(5-6-13(10)15-2)9-12-4-3-7-14-12;/h5-6,8,12,14H,3-4,7,9H2,1-2H3;1H. The van der Waals surface area contributed by atoms with E-state index in [4.69, 9.17) is 4.74 Å². The van der Waals surface area contributed by atoms with E-state index in [1.165, 1.54) is 30.5 Å². The predicted molar refractivity (Wildman–Crippen MR) is 69.7 cm³/mol. The summed E-state index contributed by atoms with van der Waals surface area (Å²) >= 11 is 0. The smallest absolute Gasteiger partial charge is 0.121 e. The van der Waals surface area contributed by atoms with Gasteiger partial charge in [-0.2, -0.15) is 0 Å². The minimum atomic E-state index is 0. The minimum absolute atomic E-state index is 0. The molecular weight excluding hydrogens is 222 g/mol. The van der Waals surface area contributed by atoms with Crippen LogP contribution in [0.5, 0.6) is 5.75 Å². The third kappa shape index (κ3) is 3.13. The predicted octanol–water partition coefficient (Wildman–Crippen LogP) is 2.72. The van der Waals surface area contributed by atoms with E-state index in [2.05, 4.69) is 30.4 Å². The van der Waals surface area contributed by atoms with Crippen LogP contribution in [-0.2, 0) is 6.42 Å². The molecule has 0 bridgehead atoms. The molecule has 2 rings (SSSR count). The van der Waals surface area contributed by atoms with Crippen LogP contribution >= 0.6 is 12.4 Å². The molecule has 0 amide bonds. The third-order valence-electron chi connectivity index (χ3n) is 3.10. The van der Waals surface area contributed by atoms with Crippen LogP contribution in [0.4, 0.5) is 0 Å². The highest BCUT2D eigenvalue weighted by atomic mass is 35.5. The monoisotopic (exact) mass is 241 g/mol. The Morgan fingerprint density at radius 3 is 2.81 bits per heavy atom. The topological polar surface area (TPSA) is 21.3 Å². The second-order valence-electron chi connectivity index (χ2n) is 4.30. The number of hydrogen-bond acceptors (Lipinski definition) is 2. The van der Waals surface area contributed by atoms with Crippen molar-refractivity contribution in [1.29, 1.82) is 0 Å². The summed E-state index contributed by atoms with van der Waals surface area (Å²) in [6, 6.07) is 7.15. The third-order valence-corrected chi connectivity index (χ3v) is 3.10. The van der Waals surface area contributed by atoms with Gasteiger partial charge in [0.1, 0.15) is 5.75 Å². The number of hydrogen-bond donors (Lipinski definition) is 1. The van der Waals surface area contributed by atoms with E-state index in [-0.39, 0.29) is 12.4 Å². The molecule has 1 aliphatic heterocycles. The molecule has 0 aliphatic carbocycles. The second-order valence-corrected chi connectivity index (χ2v) is 4.30. The number of aryl methyl sites for hydroxylation is 1. The van der Waals surface area contributed by atoms with Gasteiger partial charge in [0.05, 0.1) is 7.11 Å². The van der Waals surface area contributed by atoms with Crippen molar-refractivity contribution in [3.05, 3.63) is 29.3 Å². The quantitative estimate of drug-likeness (QED) is 0.879. The van der Waals surface area contributed by atoms with E-state index in [1.807, 2.05) is 0 Å². The molecule has 16 heavy (non-hydrogen) atoms. The molecule has 0 aromatic heterocycles. The molecule has 1 saturated heterocycles. The minimum Gasteiger partial charge on any atom is -0.496 e. The van der Waals surface area contributed by atoms with Crippen LogP contribution in [0.25, 0.3) is 0 Å². The lowest BCUT2D eigenvalue weighted by Crippen LogP contribution is -2.23. The zero-order valence-corrected chi connectivity index (χ0v) is 10.8. The van der Waals surface area contributed by atoms with E-state index < -0.39 is 0 Å². The Morgan fingerprint density at radius 2 is 2.25 bits per heavy atom. The number of nitrogens with one attached hydrogen (secondary N) is 1. The second kappa shape index (κ2) is 6.12. The van der Waals surface area contributed by atoms with E-state index in [0.717, 1.165) is 12.2 Å². The molecule has 1 aromatic carbocycles. The van der Waals surface area contributed by atoms with Crippen LogP contribution < -0.4 is 10.1 Å². The number of benzene rings is 1. The number of halogens is 1. The van der Waals surface area contributed by atoms with Crippen molar-refractivity contribution in [2.24, 2.45) is 0 Å². The van der Waals surface area contributed by atoms with Crippen LogP contribution in [0.1, 0.15) is 24.0 Å². The molecule has 1 aromatic rings.